The molecule has 2 aromatic carbocycles. The quantitative estimate of drug-likeness (QED) is 0.487. The lowest BCUT2D eigenvalue weighted by Crippen LogP contribution is -1.83. The normalized spacial score (nSPS) is 11.5. The fraction of sp³-hybridized carbons (Fsp3) is 0.118. The Hall–Kier alpha value is -2.13. The fourth-order valence-corrected chi connectivity index (χ4v) is 3.59. The number of benzene rings is 2. The summed E-state index contributed by atoms with van der Waals surface area (Å²) in [6.45, 7) is 4.29. The van der Waals surface area contributed by atoms with Gasteiger partial charge in [-0.1, -0.05) is 42.5 Å². The highest BCUT2D eigenvalue weighted by Crippen LogP contribution is 2.30. The van der Waals surface area contributed by atoms with Crippen LogP contribution in [0.2, 0.25) is 0 Å². The summed E-state index contributed by atoms with van der Waals surface area (Å²) in [6.07, 6.45) is 2.15. The van der Waals surface area contributed by atoms with E-state index in [9.17, 15) is 0 Å². The molecule has 2 aromatic heterocycles. The third-order valence-electron chi connectivity index (χ3n) is 3.85. The SMILES string of the molecule is Cc1sc2nc(-c3cccc4ccccc34)cn2c1C. The molecule has 0 N–H and O–H groups in total. The Labute approximate surface area is 121 Å². The summed E-state index contributed by atoms with van der Waals surface area (Å²) < 4.78 is 2.19. The van der Waals surface area contributed by atoms with Crippen molar-refractivity contribution in [3.63, 3.8) is 0 Å². The number of hydrogen-bond donors (Lipinski definition) is 0. The largest absolute Gasteiger partial charge is 0.294 e. The topological polar surface area (TPSA) is 17.3 Å². The number of fused-ring (bicyclic) bond motifs is 2. The van der Waals surface area contributed by atoms with Gasteiger partial charge >= 0.3 is 0 Å². The molecule has 0 saturated heterocycles. The minimum Gasteiger partial charge on any atom is -0.294 e. The maximum absolute atomic E-state index is 4.80. The summed E-state index contributed by atoms with van der Waals surface area (Å²) in [5.41, 5.74) is 3.54. The highest BCUT2D eigenvalue weighted by atomic mass is 32.1. The predicted octanol–water partition coefficient (Wildman–Crippen LogP) is 4.83. The zero-order valence-electron chi connectivity index (χ0n) is 11.4. The van der Waals surface area contributed by atoms with Crippen LogP contribution < -0.4 is 0 Å². The Morgan fingerprint density at radius 1 is 1.00 bits per heavy atom. The van der Waals surface area contributed by atoms with Gasteiger partial charge in [0.25, 0.3) is 0 Å². The van der Waals surface area contributed by atoms with Gasteiger partial charge in [-0.15, -0.1) is 11.3 Å². The van der Waals surface area contributed by atoms with Gasteiger partial charge in [0.05, 0.1) is 5.69 Å². The van der Waals surface area contributed by atoms with E-state index in [-0.39, 0.29) is 0 Å². The smallest absolute Gasteiger partial charge is 0.194 e. The Balaban J connectivity index is 2.01. The van der Waals surface area contributed by atoms with Gasteiger partial charge in [-0.25, -0.2) is 4.98 Å². The summed E-state index contributed by atoms with van der Waals surface area (Å²) in [5, 5.41) is 2.52. The van der Waals surface area contributed by atoms with Crippen LogP contribution in [0.5, 0.6) is 0 Å². The van der Waals surface area contributed by atoms with Gasteiger partial charge in [0.2, 0.25) is 0 Å². The average molecular weight is 278 g/mol. The van der Waals surface area contributed by atoms with Crippen LogP contribution in [0.4, 0.5) is 0 Å². The van der Waals surface area contributed by atoms with Crippen LogP contribution in [0.3, 0.4) is 0 Å². The Kier molecular flexibility index (Phi) is 2.44. The molecule has 0 aliphatic heterocycles. The minimum absolute atomic E-state index is 1.05. The van der Waals surface area contributed by atoms with E-state index >= 15 is 0 Å². The van der Waals surface area contributed by atoms with E-state index in [1.807, 2.05) is 0 Å². The highest BCUT2D eigenvalue weighted by Gasteiger charge is 2.11. The first kappa shape index (κ1) is 11.7. The van der Waals surface area contributed by atoms with Crippen molar-refractivity contribution >= 4 is 27.1 Å². The van der Waals surface area contributed by atoms with Crippen molar-refractivity contribution < 1.29 is 0 Å². The van der Waals surface area contributed by atoms with Gasteiger partial charge in [0, 0.05) is 22.3 Å². The van der Waals surface area contributed by atoms with Crippen molar-refractivity contribution in [3.8, 4) is 11.3 Å². The first-order chi connectivity index (χ1) is 9.74. The summed E-state index contributed by atoms with van der Waals surface area (Å²) in [6, 6.07) is 14.9. The van der Waals surface area contributed by atoms with E-state index in [0.29, 0.717) is 0 Å². The molecule has 4 rings (SSSR count). The van der Waals surface area contributed by atoms with Gasteiger partial charge in [-0.05, 0) is 24.6 Å². The minimum atomic E-state index is 1.05. The number of aromatic nitrogens is 2. The first-order valence-electron chi connectivity index (χ1n) is 6.67. The highest BCUT2D eigenvalue weighted by molar-refractivity contribution is 7.17. The van der Waals surface area contributed by atoms with Crippen molar-refractivity contribution in [1.29, 1.82) is 0 Å². The Morgan fingerprint density at radius 3 is 2.65 bits per heavy atom. The predicted molar refractivity (Wildman–Crippen MR) is 85.5 cm³/mol. The van der Waals surface area contributed by atoms with Crippen molar-refractivity contribution in [2.45, 2.75) is 13.8 Å². The van der Waals surface area contributed by atoms with Gasteiger partial charge in [0.1, 0.15) is 0 Å². The molecule has 0 amide bonds. The number of nitrogens with zero attached hydrogens (tertiary/aromatic N) is 2. The molecule has 3 heteroatoms. The molecule has 2 nitrogen and oxygen atoms in total. The van der Waals surface area contributed by atoms with Crippen LogP contribution in [0.25, 0.3) is 27.0 Å². The molecule has 98 valence electrons. The summed E-state index contributed by atoms with van der Waals surface area (Å²) in [4.78, 5) is 7.20. The molecule has 0 radical (unpaired) electrons. The zero-order chi connectivity index (χ0) is 13.7. The number of rotatable bonds is 1. The Bertz CT molecular complexity index is 925. The second-order valence-corrected chi connectivity index (χ2v) is 6.23. The summed E-state index contributed by atoms with van der Waals surface area (Å²) >= 11 is 1.75. The van der Waals surface area contributed by atoms with Crippen LogP contribution in [0, 0.1) is 13.8 Å². The lowest BCUT2D eigenvalue weighted by atomic mass is 10.0. The number of imidazole rings is 1. The third-order valence-corrected chi connectivity index (χ3v) is 4.93. The number of aryl methyl sites for hydroxylation is 2. The van der Waals surface area contributed by atoms with E-state index in [1.165, 1.54) is 26.9 Å². The molecule has 0 aliphatic rings. The summed E-state index contributed by atoms with van der Waals surface area (Å²) in [7, 11) is 0. The number of thiazole rings is 1. The molecule has 0 bridgehead atoms. The van der Waals surface area contributed by atoms with E-state index in [2.05, 4.69) is 66.9 Å². The van der Waals surface area contributed by atoms with Crippen molar-refractivity contribution in [1.82, 2.24) is 9.38 Å². The molecule has 0 spiro atoms. The molecule has 4 aromatic rings. The van der Waals surface area contributed by atoms with E-state index in [1.54, 1.807) is 11.3 Å². The van der Waals surface area contributed by atoms with Crippen LogP contribution in [-0.2, 0) is 0 Å². The second-order valence-electron chi connectivity index (χ2n) is 5.05. The maximum atomic E-state index is 4.80. The van der Waals surface area contributed by atoms with Crippen LogP contribution in [0.15, 0.2) is 48.7 Å². The molecule has 0 saturated carbocycles. The number of hydrogen-bond acceptors (Lipinski definition) is 2. The van der Waals surface area contributed by atoms with E-state index in [4.69, 9.17) is 4.98 Å². The van der Waals surface area contributed by atoms with Crippen molar-refractivity contribution in [2.75, 3.05) is 0 Å². The molecule has 0 unspecified atom stereocenters. The molecule has 2 heterocycles. The van der Waals surface area contributed by atoms with Gasteiger partial charge in [0.15, 0.2) is 4.96 Å². The second kappa shape index (κ2) is 4.18. The van der Waals surface area contributed by atoms with Crippen LogP contribution >= 0.6 is 11.3 Å². The molecular weight excluding hydrogens is 264 g/mol. The zero-order valence-corrected chi connectivity index (χ0v) is 12.2. The molecular formula is C17H14N2S. The molecule has 0 aliphatic carbocycles. The van der Waals surface area contributed by atoms with E-state index in [0.717, 1.165) is 10.7 Å². The lowest BCUT2D eigenvalue weighted by molar-refractivity contribution is 1.11. The van der Waals surface area contributed by atoms with Crippen molar-refractivity contribution in [2.24, 2.45) is 0 Å². The van der Waals surface area contributed by atoms with Crippen molar-refractivity contribution in [3.05, 3.63) is 59.2 Å². The Morgan fingerprint density at radius 2 is 1.80 bits per heavy atom. The fourth-order valence-electron chi connectivity index (χ4n) is 2.63. The lowest BCUT2D eigenvalue weighted by Gasteiger charge is -2.03. The van der Waals surface area contributed by atoms with Crippen LogP contribution in [-0.4, -0.2) is 9.38 Å². The average Bonchev–Trinajstić information content (AvgIpc) is 2.99. The van der Waals surface area contributed by atoms with Gasteiger partial charge < -0.3 is 0 Å². The van der Waals surface area contributed by atoms with E-state index < -0.39 is 0 Å². The molecule has 20 heavy (non-hydrogen) atoms. The summed E-state index contributed by atoms with van der Waals surface area (Å²) in [5.74, 6) is 0. The molecule has 0 atom stereocenters. The third kappa shape index (κ3) is 1.60. The maximum Gasteiger partial charge on any atom is 0.194 e. The standard InChI is InChI=1S/C17H14N2S/c1-11-12(2)20-17-18-16(10-19(11)17)15-9-5-7-13-6-3-4-8-14(13)15/h3-10H,1-2H3. The first-order valence-corrected chi connectivity index (χ1v) is 7.49. The van der Waals surface area contributed by atoms with Crippen LogP contribution in [0.1, 0.15) is 10.6 Å². The van der Waals surface area contributed by atoms with Gasteiger partial charge in [-0.2, -0.15) is 0 Å². The molecule has 0 fully saturated rings. The monoisotopic (exact) mass is 278 g/mol. The van der Waals surface area contributed by atoms with Gasteiger partial charge in [-0.3, -0.25) is 4.40 Å².